The Bertz CT molecular complexity index is 1320. The zero-order valence-electron chi connectivity index (χ0n) is 20.0. The number of rotatable bonds is 6. The van der Waals surface area contributed by atoms with Gasteiger partial charge in [0.2, 0.25) is 5.91 Å². The molecule has 0 aromatic heterocycles. The van der Waals surface area contributed by atoms with Gasteiger partial charge in [0.25, 0.3) is 5.91 Å². The van der Waals surface area contributed by atoms with Crippen LogP contribution < -0.4 is 10.1 Å². The van der Waals surface area contributed by atoms with Gasteiger partial charge in [0, 0.05) is 18.5 Å². The summed E-state index contributed by atoms with van der Waals surface area (Å²) >= 11 is 1.29. The number of para-hydroxylation sites is 1. The number of ether oxygens (including phenoxy) is 1. The fourth-order valence-corrected chi connectivity index (χ4v) is 5.26. The number of thioether (sulfide) groups is 1. The smallest absolute Gasteiger partial charge is 0.262 e. The largest absolute Gasteiger partial charge is 0.497 e. The summed E-state index contributed by atoms with van der Waals surface area (Å²) in [6.45, 7) is 2.05. The molecule has 0 bridgehead atoms. The van der Waals surface area contributed by atoms with E-state index in [1.165, 1.54) is 17.3 Å². The topological polar surface area (TPSA) is 83.4 Å². The van der Waals surface area contributed by atoms with Gasteiger partial charge in [-0.2, -0.15) is 10.1 Å². The molecule has 0 aliphatic carbocycles. The van der Waals surface area contributed by atoms with Crippen LogP contribution in [-0.2, 0) is 9.59 Å². The van der Waals surface area contributed by atoms with Crippen LogP contribution in [0.1, 0.15) is 35.6 Å². The SMILES string of the molecule is COc1ccc([C@@H]2CC(c3ccc(C)cc3)=NN2C2=NC(=O)[C@H](CC(=O)Nc3ccccc3)S2)cc1. The number of amides is 2. The molecule has 0 spiro atoms. The molecule has 182 valence electrons. The Labute approximate surface area is 214 Å². The molecule has 2 heterocycles. The van der Waals surface area contributed by atoms with Crippen LogP contribution in [0.5, 0.6) is 5.75 Å². The quantitative estimate of drug-likeness (QED) is 0.506. The summed E-state index contributed by atoms with van der Waals surface area (Å²) in [5.74, 6) is 0.237. The number of carbonyl (C=O) groups is 2. The van der Waals surface area contributed by atoms with Crippen molar-refractivity contribution in [2.45, 2.75) is 31.1 Å². The minimum atomic E-state index is -0.584. The number of carbonyl (C=O) groups excluding carboxylic acids is 2. The minimum Gasteiger partial charge on any atom is -0.497 e. The number of aliphatic imine (C=N–C) groups is 1. The van der Waals surface area contributed by atoms with Gasteiger partial charge < -0.3 is 10.1 Å². The molecule has 0 fully saturated rings. The first kappa shape index (κ1) is 23.8. The molecule has 2 aliphatic rings. The van der Waals surface area contributed by atoms with E-state index in [4.69, 9.17) is 9.84 Å². The molecule has 0 saturated carbocycles. The summed E-state index contributed by atoms with van der Waals surface area (Å²) in [7, 11) is 1.64. The van der Waals surface area contributed by atoms with Gasteiger partial charge in [-0.15, -0.1) is 0 Å². The first-order valence-corrected chi connectivity index (χ1v) is 12.6. The average molecular weight is 499 g/mol. The van der Waals surface area contributed by atoms with Gasteiger partial charge in [-0.05, 0) is 42.3 Å². The highest BCUT2D eigenvalue weighted by Gasteiger charge is 2.39. The Morgan fingerprint density at radius 2 is 1.78 bits per heavy atom. The first-order valence-electron chi connectivity index (χ1n) is 11.7. The lowest BCUT2D eigenvalue weighted by Crippen LogP contribution is -2.25. The monoisotopic (exact) mass is 498 g/mol. The molecule has 3 aromatic carbocycles. The van der Waals surface area contributed by atoms with Crippen molar-refractivity contribution in [3.63, 3.8) is 0 Å². The normalized spacial score (nSPS) is 19.2. The van der Waals surface area contributed by atoms with Crippen LogP contribution in [-0.4, -0.2) is 40.1 Å². The van der Waals surface area contributed by atoms with Crippen LogP contribution in [0.2, 0.25) is 0 Å². The predicted octanol–water partition coefficient (Wildman–Crippen LogP) is 5.18. The van der Waals surface area contributed by atoms with E-state index in [2.05, 4.69) is 41.5 Å². The van der Waals surface area contributed by atoms with Crippen LogP contribution in [0.15, 0.2) is 89.0 Å². The molecule has 0 radical (unpaired) electrons. The molecule has 8 heteroatoms. The van der Waals surface area contributed by atoms with E-state index >= 15 is 0 Å². The van der Waals surface area contributed by atoms with Crippen molar-refractivity contribution < 1.29 is 14.3 Å². The molecule has 2 aliphatic heterocycles. The van der Waals surface area contributed by atoms with E-state index in [0.717, 1.165) is 22.6 Å². The zero-order valence-corrected chi connectivity index (χ0v) is 20.9. The molecular weight excluding hydrogens is 472 g/mol. The Morgan fingerprint density at radius 1 is 1.06 bits per heavy atom. The summed E-state index contributed by atoms with van der Waals surface area (Å²) in [6.07, 6.45) is 0.712. The lowest BCUT2D eigenvalue weighted by atomic mass is 9.98. The number of methoxy groups -OCH3 is 1. The second kappa shape index (κ2) is 10.4. The van der Waals surface area contributed by atoms with E-state index in [0.29, 0.717) is 17.3 Å². The first-order chi connectivity index (χ1) is 17.5. The summed E-state index contributed by atoms with van der Waals surface area (Å²) < 4.78 is 5.32. The molecule has 5 rings (SSSR count). The second-order valence-corrected chi connectivity index (χ2v) is 9.88. The standard InChI is InChI=1S/C28H26N4O3S/c1-18-8-10-19(11-9-18)23-16-24(20-12-14-22(35-2)15-13-20)32(31-23)28-30-27(34)25(36-28)17-26(33)29-21-6-4-3-5-7-21/h3-15,24-25H,16-17H2,1-2H3,(H,29,33)/t24-,25-/m0/s1. The van der Waals surface area contributed by atoms with Crippen LogP contribution in [0.4, 0.5) is 5.69 Å². The highest BCUT2D eigenvalue weighted by Crippen LogP contribution is 2.39. The van der Waals surface area contributed by atoms with Crippen molar-refractivity contribution in [2.75, 3.05) is 12.4 Å². The maximum atomic E-state index is 12.8. The molecular formula is C28H26N4O3S. The zero-order chi connectivity index (χ0) is 25.1. The number of nitrogens with zero attached hydrogens (tertiary/aromatic N) is 3. The predicted molar refractivity (Wildman–Crippen MR) is 143 cm³/mol. The average Bonchev–Trinajstić information content (AvgIpc) is 3.49. The van der Waals surface area contributed by atoms with Crippen molar-refractivity contribution >= 4 is 40.1 Å². The van der Waals surface area contributed by atoms with Crippen LogP contribution in [0.25, 0.3) is 0 Å². The molecule has 2 atom stereocenters. The van der Waals surface area contributed by atoms with Crippen molar-refractivity contribution in [2.24, 2.45) is 10.1 Å². The molecule has 2 amide bonds. The van der Waals surface area contributed by atoms with Gasteiger partial charge in [-0.1, -0.05) is 71.9 Å². The molecule has 36 heavy (non-hydrogen) atoms. The van der Waals surface area contributed by atoms with E-state index in [9.17, 15) is 9.59 Å². The van der Waals surface area contributed by atoms with Gasteiger partial charge >= 0.3 is 0 Å². The number of nitrogens with one attached hydrogen (secondary N) is 1. The third-order valence-electron chi connectivity index (χ3n) is 6.15. The van der Waals surface area contributed by atoms with Crippen molar-refractivity contribution in [1.29, 1.82) is 0 Å². The third-order valence-corrected chi connectivity index (χ3v) is 7.29. The lowest BCUT2D eigenvalue weighted by Gasteiger charge is -2.23. The van der Waals surface area contributed by atoms with Crippen LogP contribution in [0, 0.1) is 6.92 Å². The molecule has 0 unspecified atom stereocenters. The fourth-order valence-electron chi connectivity index (χ4n) is 4.20. The number of amidine groups is 1. The van der Waals surface area contributed by atoms with Gasteiger partial charge in [-0.25, -0.2) is 5.01 Å². The van der Waals surface area contributed by atoms with Gasteiger partial charge in [0.15, 0.2) is 5.17 Å². The van der Waals surface area contributed by atoms with Gasteiger partial charge in [0.1, 0.15) is 11.0 Å². The number of benzene rings is 3. The Morgan fingerprint density at radius 3 is 2.47 bits per heavy atom. The van der Waals surface area contributed by atoms with Crippen LogP contribution in [0.3, 0.4) is 0 Å². The van der Waals surface area contributed by atoms with E-state index in [-0.39, 0.29) is 24.3 Å². The highest BCUT2D eigenvalue weighted by atomic mass is 32.2. The fraction of sp³-hybridized carbons (Fsp3) is 0.214. The van der Waals surface area contributed by atoms with Crippen molar-refractivity contribution in [1.82, 2.24) is 5.01 Å². The lowest BCUT2D eigenvalue weighted by molar-refractivity contribution is -0.121. The van der Waals surface area contributed by atoms with E-state index in [1.807, 2.05) is 59.6 Å². The number of aryl methyl sites for hydroxylation is 1. The molecule has 7 nitrogen and oxygen atoms in total. The molecule has 0 saturated heterocycles. The summed E-state index contributed by atoms with van der Waals surface area (Å²) in [4.78, 5) is 29.7. The third kappa shape index (κ3) is 5.18. The Hall–Kier alpha value is -3.91. The number of hydrogen-bond donors (Lipinski definition) is 1. The van der Waals surface area contributed by atoms with Crippen molar-refractivity contribution in [3.05, 3.63) is 95.6 Å². The summed E-state index contributed by atoms with van der Waals surface area (Å²) in [6, 6.07) is 25.2. The van der Waals surface area contributed by atoms with Gasteiger partial charge in [-0.3, -0.25) is 9.59 Å². The van der Waals surface area contributed by atoms with Crippen molar-refractivity contribution in [3.8, 4) is 5.75 Å². The minimum absolute atomic E-state index is 0.0426. The number of hydrogen-bond acceptors (Lipinski definition) is 6. The Balaban J connectivity index is 1.36. The Kier molecular flexibility index (Phi) is 6.86. The van der Waals surface area contributed by atoms with Gasteiger partial charge in [0.05, 0.1) is 18.9 Å². The van der Waals surface area contributed by atoms with E-state index < -0.39 is 5.25 Å². The summed E-state index contributed by atoms with van der Waals surface area (Å²) in [5.41, 5.74) is 4.89. The molecule has 3 aromatic rings. The number of anilines is 1. The highest BCUT2D eigenvalue weighted by molar-refractivity contribution is 8.15. The maximum absolute atomic E-state index is 12.8. The number of hydrazone groups is 1. The summed E-state index contributed by atoms with van der Waals surface area (Å²) in [5, 5.41) is 9.50. The van der Waals surface area contributed by atoms with E-state index in [1.54, 1.807) is 7.11 Å². The second-order valence-electron chi connectivity index (χ2n) is 8.71. The van der Waals surface area contributed by atoms with Crippen LogP contribution >= 0.6 is 11.8 Å². The molecule has 1 N–H and O–H groups in total. The maximum Gasteiger partial charge on any atom is 0.262 e.